The maximum atomic E-state index is 13.0. The summed E-state index contributed by atoms with van der Waals surface area (Å²) in [4.78, 5) is 15.1. The third kappa shape index (κ3) is 3.88. The highest BCUT2D eigenvalue weighted by Crippen LogP contribution is 2.41. The zero-order chi connectivity index (χ0) is 18.9. The van der Waals surface area contributed by atoms with Crippen LogP contribution in [-0.2, 0) is 6.42 Å². The lowest BCUT2D eigenvalue weighted by Gasteiger charge is -2.17. The van der Waals surface area contributed by atoms with E-state index in [4.69, 9.17) is 21.4 Å². The highest BCUT2D eigenvalue weighted by molar-refractivity contribution is 6.31. The minimum atomic E-state index is -4.59. The summed E-state index contributed by atoms with van der Waals surface area (Å²) >= 11 is 6.02. The summed E-state index contributed by atoms with van der Waals surface area (Å²) in [5, 5.41) is 9.76. The van der Waals surface area contributed by atoms with Gasteiger partial charge in [0, 0.05) is 16.0 Å². The van der Waals surface area contributed by atoms with Gasteiger partial charge in [-0.2, -0.15) is 13.2 Å². The molecule has 0 unspecified atom stereocenters. The Bertz CT molecular complexity index is 975. The average molecular weight is 382 g/mol. The normalized spacial score (nSPS) is 11.5. The molecule has 0 aliphatic heterocycles. The molecule has 4 nitrogen and oxygen atoms in total. The number of alkyl halides is 3. The second-order valence-electron chi connectivity index (χ2n) is 5.45. The largest absolute Gasteiger partial charge is 0.511 e. The Balaban J connectivity index is 2.40. The van der Waals surface area contributed by atoms with Gasteiger partial charge in [0.25, 0.3) is 0 Å². The second kappa shape index (κ2) is 6.84. The predicted octanol–water partition coefficient (Wildman–Crippen LogP) is 5.72. The van der Waals surface area contributed by atoms with Crippen LogP contribution >= 0.6 is 11.6 Å². The van der Waals surface area contributed by atoms with Crippen molar-refractivity contribution in [3.05, 3.63) is 59.2 Å². The molecule has 3 aromatic rings. The van der Waals surface area contributed by atoms with E-state index >= 15 is 0 Å². The van der Waals surface area contributed by atoms with E-state index in [1.807, 2.05) is 0 Å². The van der Waals surface area contributed by atoms with Crippen LogP contribution in [0, 0.1) is 0 Å². The summed E-state index contributed by atoms with van der Waals surface area (Å²) in [5.74, 6) is -0.448. The molecule has 3 rings (SSSR count). The number of ether oxygens (including phenoxy) is 1. The number of hydrogen-bond donors (Lipinski definition) is 1. The Morgan fingerprint density at radius 3 is 2.46 bits per heavy atom. The van der Waals surface area contributed by atoms with Crippen molar-refractivity contribution in [3.8, 4) is 16.9 Å². The van der Waals surface area contributed by atoms with Crippen LogP contribution in [0.3, 0.4) is 0 Å². The van der Waals surface area contributed by atoms with Crippen LogP contribution in [-0.4, -0.2) is 22.4 Å². The van der Waals surface area contributed by atoms with Crippen molar-refractivity contribution < 1.29 is 27.8 Å². The number of pyridine rings is 1. The van der Waals surface area contributed by atoms with Gasteiger partial charge in [-0.1, -0.05) is 41.9 Å². The number of benzene rings is 2. The van der Waals surface area contributed by atoms with Gasteiger partial charge in [0.1, 0.15) is 0 Å². The maximum absolute atomic E-state index is 13.0. The summed E-state index contributed by atoms with van der Waals surface area (Å²) in [6.07, 6.45) is -7.74. The highest BCUT2D eigenvalue weighted by atomic mass is 35.5. The van der Waals surface area contributed by atoms with Crippen LogP contribution in [0.25, 0.3) is 22.0 Å². The fourth-order valence-electron chi connectivity index (χ4n) is 2.67. The average Bonchev–Trinajstić information content (AvgIpc) is 2.55. The smallest absolute Gasteiger partial charge is 0.449 e. The van der Waals surface area contributed by atoms with Gasteiger partial charge in [-0.25, -0.2) is 9.78 Å². The Kier molecular flexibility index (Phi) is 4.73. The molecule has 1 heterocycles. The molecule has 0 radical (unpaired) electrons. The molecule has 134 valence electrons. The molecule has 0 aliphatic rings. The predicted molar refractivity (Wildman–Crippen MR) is 90.6 cm³/mol. The van der Waals surface area contributed by atoms with Gasteiger partial charge < -0.3 is 9.84 Å². The Hall–Kier alpha value is -2.80. The molecule has 0 atom stereocenters. The van der Waals surface area contributed by atoms with Gasteiger partial charge in [-0.05, 0) is 23.8 Å². The van der Waals surface area contributed by atoms with Crippen LogP contribution in [0.4, 0.5) is 18.0 Å². The number of halogens is 4. The number of carbonyl (C=O) groups is 1. The topological polar surface area (TPSA) is 59.4 Å². The van der Waals surface area contributed by atoms with Crippen LogP contribution in [0.1, 0.15) is 5.69 Å². The van der Waals surface area contributed by atoms with Gasteiger partial charge >= 0.3 is 12.3 Å². The SMILES string of the molecule is O=C(O)Oc1c(CC(F)(F)F)nc2ccc(Cl)cc2c1-c1ccccc1. The van der Waals surface area contributed by atoms with E-state index in [0.29, 0.717) is 16.0 Å². The van der Waals surface area contributed by atoms with E-state index in [9.17, 15) is 18.0 Å². The van der Waals surface area contributed by atoms with E-state index < -0.39 is 30.2 Å². The van der Waals surface area contributed by atoms with E-state index in [1.165, 1.54) is 18.2 Å². The number of carboxylic acid groups (broad SMARTS) is 1. The third-order valence-corrected chi connectivity index (χ3v) is 3.83. The van der Waals surface area contributed by atoms with Crippen molar-refractivity contribution in [3.63, 3.8) is 0 Å². The van der Waals surface area contributed by atoms with E-state index in [2.05, 4.69) is 4.98 Å². The zero-order valence-electron chi connectivity index (χ0n) is 13.0. The molecule has 0 amide bonds. The molecule has 26 heavy (non-hydrogen) atoms. The van der Waals surface area contributed by atoms with Crippen molar-refractivity contribution in [2.75, 3.05) is 0 Å². The fourth-order valence-corrected chi connectivity index (χ4v) is 2.84. The first-order valence-corrected chi connectivity index (χ1v) is 7.77. The molecule has 0 aliphatic carbocycles. The molecule has 0 saturated heterocycles. The molecular formula is C18H11ClF3NO3. The number of hydrogen-bond acceptors (Lipinski definition) is 3. The van der Waals surface area contributed by atoms with E-state index in [-0.39, 0.29) is 11.1 Å². The number of aromatic nitrogens is 1. The third-order valence-electron chi connectivity index (χ3n) is 3.59. The highest BCUT2D eigenvalue weighted by Gasteiger charge is 2.32. The van der Waals surface area contributed by atoms with Crippen LogP contribution in [0.5, 0.6) is 5.75 Å². The van der Waals surface area contributed by atoms with Gasteiger partial charge in [-0.3, -0.25) is 0 Å². The number of rotatable bonds is 3. The molecule has 8 heteroatoms. The first-order valence-electron chi connectivity index (χ1n) is 7.39. The second-order valence-corrected chi connectivity index (χ2v) is 5.89. The first-order chi connectivity index (χ1) is 12.2. The minimum Gasteiger partial charge on any atom is -0.449 e. The molecule has 1 aromatic heterocycles. The molecule has 0 spiro atoms. The monoisotopic (exact) mass is 381 g/mol. The van der Waals surface area contributed by atoms with Crippen LogP contribution in [0.2, 0.25) is 5.02 Å². The first kappa shape index (κ1) is 18.0. The van der Waals surface area contributed by atoms with Crippen molar-refractivity contribution in [2.45, 2.75) is 12.6 Å². The molecule has 0 fully saturated rings. The lowest BCUT2D eigenvalue weighted by atomic mass is 9.98. The number of nitrogens with zero attached hydrogens (tertiary/aromatic N) is 1. The Morgan fingerprint density at radius 1 is 1.15 bits per heavy atom. The number of fused-ring (bicyclic) bond motifs is 1. The van der Waals surface area contributed by atoms with Gasteiger partial charge in [0.05, 0.1) is 17.6 Å². The molecule has 0 bridgehead atoms. The summed E-state index contributed by atoms with van der Waals surface area (Å²) in [5.41, 5.74) is 0.431. The minimum absolute atomic E-state index is 0.194. The Morgan fingerprint density at radius 2 is 1.85 bits per heavy atom. The lowest BCUT2D eigenvalue weighted by molar-refractivity contribution is -0.128. The van der Waals surface area contributed by atoms with E-state index in [0.717, 1.165) is 0 Å². The maximum Gasteiger partial charge on any atom is 0.511 e. The van der Waals surface area contributed by atoms with Gasteiger partial charge in [0.15, 0.2) is 5.75 Å². The summed E-state index contributed by atoms with van der Waals surface area (Å²) in [6, 6.07) is 12.9. The van der Waals surface area contributed by atoms with Crippen molar-refractivity contribution in [2.24, 2.45) is 0 Å². The summed E-state index contributed by atoms with van der Waals surface area (Å²) in [6.45, 7) is 0. The Labute approximate surface area is 150 Å². The molecule has 2 aromatic carbocycles. The standard InChI is InChI=1S/C18H11ClF3NO3/c19-11-6-7-13-12(8-11)15(10-4-2-1-3-5-10)16(26-17(24)25)14(23-13)9-18(20,21)22/h1-8H,9H2,(H,24,25). The van der Waals surface area contributed by atoms with Crippen LogP contribution in [0.15, 0.2) is 48.5 Å². The van der Waals surface area contributed by atoms with Crippen molar-refractivity contribution in [1.29, 1.82) is 0 Å². The fraction of sp³-hybridized carbons (Fsp3) is 0.111. The molecular weight excluding hydrogens is 371 g/mol. The summed E-state index contributed by atoms with van der Waals surface area (Å²) in [7, 11) is 0. The van der Waals surface area contributed by atoms with Gasteiger partial charge in [-0.15, -0.1) is 0 Å². The zero-order valence-corrected chi connectivity index (χ0v) is 13.8. The summed E-state index contributed by atoms with van der Waals surface area (Å²) < 4.78 is 43.7. The van der Waals surface area contributed by atoms with Crippen molar-refractivity contribution >= 4 is 28.7 Å². The molecule has 1 N–H and O–H groups in total. The molecule has 0 saturated carbocycles. The van der Waals surface area contributed by atoms with Crippen molar-refractivity contribution in [1.82, 2.24) is 4.98 Å². The van der Waals surface area contributed by atoms with Gasteiger partial charge in [0.2, 0.25) is 0 Å². The van der Waals surface area contributed by atoms with Crippen LogP contribution < -0.4 is 4.74 Å². The quantitative estimate of drug-likeness (QED) is 0.590. The van der Waals surface area contributed by atoms with E-state index in [1.54, 1.807) is 30.3 Å². The lowest BCUT2D eigenvalue weighted by Crippen LogP contribution is -2.16.